The van der Waals surface area contributed by atoms with E-state index in [2.05, 4.69) is 5.32 Å². The van der Waals surface area contributed by atoms with Gasteiger partial charge in [-0.1, -0.05) is 24.3 Å². The van der Waals surface area contributed by atoms with Gasteiger partial charge in [0.25, 0.3) is 0 Å². The van der Waals surface area contributed by atoms with Crippen molar-refractivity contribution in [3.05, 3.63) is 95.3 Å². The fourth-order valence-corrected chi connectivity index (χ4v) is 6.58. The largest absolute Gasteiger partial charge is 0.489 e. The molecule has 0 aromatic heterocycles. The first-order valence-corrected chi connectivity index (χ1v) is 13.4. The topological polar surface area (TPSA) is 75.7 Å². The third kappa shape index (κ3) is 5.53. The maximum absolute atomic E-state index is 13.3. The highest BCUT2D eigenvalue weighted by Crippen LogP contribution is 2.50. The molecule has 1 aliphatic carbocycles. The maximum atomic E-state index is 13.3. The van der Waals surface area contributed by atoms with E-state index < -0.39 is 39.5 Å². The predicted octanol–water partition coefficient (Wildman–Crippen LogP) is 4.89. The highest BCUT2D eigenvalue weighted by molar-refractivity contribution is 7.89. The molecule has 1 saturated carbocycles. The molecule has 0 spiro atoms. The smallest absolute Gasteiger partial charge is 0.416 e. The lowest BCUT2D eigenvalue weighted by Crippen LogP contribution is -2.47. The van der Waals surface area contributed by atoms with Crippen molar-refractivity contribution in [3.8, 4) is 5.75 Å². The van der Waals surface area contributed by atoms with Crippen molar-refractivity contribution in [1.82, 2.24) is 9.62 Å². The second-order valence-electron chi connectivity index (χ2n) is 9.45. The number of hydrogen-bond donors (Lipinski definition) is 1. The van der Waals surface area contributed by atoms with Crippen molar-refractivity contribution >= 4 is 15.9 Å². The Bertz CT molecular complexity index is 1430. The Morgan fingerprint density at radius 1 is 0.974 bits per heavy atom. The van der Waals surface area contributed by atoms with Gasteiger partial charge in [-0.2, -0.15) is 17.5 Å². The molecule has 0 bridgehead atoms. The molecule has 1 heterocycles. The van der Waals surface area contributed by atoms with Crippen LogP contribution >= 0.6 is 0 Å². The first kappa shape index (κ1) is 26.2. The first-order chi connectivity index (χ1) is 18.0. The zero-order valence-corrected chi connectivity index (χ0v) is 20.8. The minimum absolute atomic E-state index is 0.0536. The summed E-state index contributed by atoms with van der Waals surface area (Å²) in [7, 11) is -3.97. The molecule has 11 heteroatoms. The number of amides is 1. The highest BCUT2D eigenvalue weighted by Gasteiger charge is 2.58. The molecule has 3 aromatic carbocycles. The average Bonchev–Trinajstić information content (AvgIpc) is 3.54. The van der Waals surface area contributed by atoms with Gasteiger partial charge in [0, 0.05) is 12.6 Å². The number of rotatable bonds is 8. The summed E-state index contributed by atoms with van der Waals surface area (Å²) in [4.78, 5) is 13.0. The van der Waals surface area contributed by atoms with Gasteiger partial charge in [0.15, 0.2) is 0 Å². The summed E-state index contributed by atoms with van der Waals surface area (Å²) in [6.45, 7) is 0.196. The zero-order chi connectivity index (χ0) is 27.1. The van der Waals surface area contributed by atoms with Crippen molar-refractivity contribution in [3.63, 3.8) is 0 Å². The van der Waals surface area contributed by atoms with Crippen LogP contribution in [0.15, 0.2) is 77.7 Å². The second-order valence-corrected chi connectivity index (χ2v) is 11.3. The first-order valence-electron chi connectivity index (χ1n) is 12.0. The molecule has 38 heavy (non-hydrogen) atoms. The van der Waals surface area contributed by atoms with Crippen LogP contribution in [0, 0.1) is 11.7 Å². The fraction of sp³-hybridized carbons (Fsp3) is 0.296. The van der Waals surface area contributed by atoms with Gasteiger partial charge in [-0.3, -0.25) is 4.79 Å². The molecule has 3 aromatic rings. The Balaban J connectivity index is 1.20. The third-order valence-electron chi connectivity index (χ3n) is 6.79. The Labute approximate surface area is 217 Å². The van der Waals surface area contributed by atoms with Crippen molar-refractivity contribution in [2.45, 2.75) is 49.1 Å². The van der Waals surface area contributed by atoms with E-state index in [1.807, 2.05) is 0 Å². The minimum Gasteiger partial charge on any atom is -0.489 e. The Hall–Kier alpha value is -3.44. The Morgan fingerprint density at radius 3 is 2.37 bits per heavy atom. The number of carbonyl (C=O) groups is 1. The molecule has 6 nitrogen and oxygen atoms in total. The van der Waals surface area contributed by atoms with Crippen LogP contribution in [-0.4, -0.2) is 30.7 Å². The van der Waals surface area contributed by atoms with Crippen molar-refractivity contribution in [2.75, 3.05) is 0 Å². The number of piperidine rings is 1. The number of carbonyl (C=O) groups excluding carboxylic acids is 1. The summed E-state index contributed by atoms with van der Waals surface area (Å²) in [6, 6.07) is 15.0. The van der Waals surface area contributed by atoms with E-state index in [0.717, 1.165) is 24.3 Å². The van der Waals surface area contributed by atoms with E-state index in [4.69, 9.17) is 4.74 Å². The summed E-state index contributed by atoms with van der Waals surface area (Å²) in [5.74, 6) is -0.365. The number of nitrogens with zero attached hydrogens (tertiary/aromatic N) is 1. The van der Waals surface area contributed by atoms with Crippen molar-refractivity contribution in [1.29, 1.82) is 0 Å². The number of halogens is 4. The van der Waals surface area contributed by atoms with Gasteiger partial charge in [0.05, 0.1) is 10.5 Å². The van der Waals surface area contributed by atoms with Crippen LogP contribution in [0.1, 0.15) is 29.5 Å². The molecule has 1 aliphatic heterocycles. The summed E-state index contributed by atoms with van der Waals surface area (Å²) < 4.78 is 84.9. The number of benzene rings is 3. The van der Waals surface area contributed by atoms with E-state index in [1.54, 1.807) is 24.3 Å². The molecule has 1 saturated heterocycles. The quantitative estimate of drug-likeness (QED) is 0.407. The number of ether oxygens (including phenoxy) is 1. The predicted molar refractivity (Wildman–Crippen MR) is 130 cm³/mol. The Kier molecular flexibility index (Phi) is 6.91. The van der Waals surface area contributed by atoms with Gasteiger partial charge in [-0.15, -0.1) is 0 Å². The monoisotopic (exact) mass is 548 g/mol. The van der Waals surface area contributed by atoms with Crippen LogP contribution in [0.5, 0.6) is 5.75 Å². The van der Waals surface area contributed by atoms with Crippen LogP contribution in [-0.2, 0) is 34.1 Å². The van der Waals surface area contributed by atoms with Crippen LogP contribution in [0.25, 0.3) is 0 Å². The molecule has 200 valence electrons. The molecule has 0 radical (unpaired) electrons. The number of hydrogen-bond acceptors (Lipinski definition) is 4. The maximum Gasteiger partial charge on any atom is 0.416 e. The number of nitrogens with one attached hydrogen (secondary N) is 1. The fourth-order valence-electron chi connectivity index (χ4n) is 4.72. The van der Waals surface area contributed by atoms with E-state index in [9.17, 15) is 30.8 Å². The van der Waals surface area contributed by atoms with Gasteiger partial charge in [-0.05, 0) is 78.4 Å². The SMILES string of the molecule is O=C(NCc1cccc(OCc2ccc(C(F)(F)F)cc2)c1)[C@@H]1C[C@H]2C[C@H]2N1S(=O)(=O)c1ccc(F)cc1. The van der Waals surface area contributed by atoms with E-state index in [-0.39, 0.29) is 30.0 Å². The lowest BCUT2D eigenvalue weighted by Gasteiger charge is -2.26. The molecule has 0 unspecified atom stereocenters. The number of fused-ring (bicyclic) bond motifs is 1. The second kappa shape index (κ2) is 10.0. The molecule has 5 rings (SSSR count). The van der Waals surface area contributed by atoms with Crippen LogP contribution in [0.3, 0.4) is 0 Å². The molecule has 3 atom stereocenters. The van der Waals surface area contributed by atoms with Crippen LogP contribution in [0.4, 0.5) is 17.6 Å². The minimum atomic E-state index is -4.40. The molecular weight excluding hydrogens is 524 g/mol. The lowest BCUT2D eigenvalue weighted by atomic mass is 10.1. The standard InChI is InChI=1S/C27H24F4N2O4S/c28-21-8-10-23(11-9-21)38(35,36)33-24-13-19(24)14-25(33)26(34)32-15-18-2-1-3-22(12-18)37-16-17-4-6-20(7-5-17)27(29,30)31/h1-12,19,24-25H,13-16H2,(H,32,34)/t19-,24-,25+/m1/s1. The van der Waals surface area contributed by atoms with Crippen molar-refractivity contribution in [2.24, 2.45) is 5.92 Å². The molecular formula is C27H24F4N2O4S. The number of sulfonamides is 1. The summed E-state index contributed by atoms with van der Waals surface area (Å²) >= 11 is 0. The van der Waals surface area contributed by atoms with Gasteiger partial charge in [0.2, 0.25) is 15.9 Å². The normalized spacial score (nSPS) is 21.1. The summed E-state index contributed by atoms with van der Waals surface area (Å²) in [5.41, 5.74) is 0.543. The van der Waals surface area contributed by atoms with Crippen LogP contribution in [0.2, 0.25) is 0 Å². The summed E-state index contributed by atoms with van der Waals surface area (Å²) in [5, 5.41) is 2.80. The third-order valence-corrected chi connectivity index (χ3v) is 8.74. The van der Waals surface area contributed by atoms with Gasteiger partial charge in [-0.25, -0.2) is 12.8 Å². The summed E-state index contributed by atoms with van der Waals surface area (Å²) in [6.07, 6.45) is -3.28. The molecule has 1 amide bonds. The number of alkyl halides is 3. The van der Waals surface area contributed by atoms with Gasteiger partial charge >= 0.3 is 6.18 Å². The average molecular weight is 549 g/mol. The molecule has 1 N–H and O–H groups in total. The van der Waals surface area contributed by atoms with E-state index in [1.165, 1.54) is 28.6 Å². The molecule has 2 fully saturated rings. The zero-order valence-electron chi connectivity index (χ0n) is 20.0. The molecule has 2 aliphatic rings. The van der Waals surface area contributed by atoms with Gasteiger partial charge < -0.3 is 10.1 Å². The van der Waals surface area contributed by atoms with Gasteiger partial charge in [0.1, 0.15) is 24.2 Å². The van der Waals surface area contributed by atoms with E-state index in [0.29, 0.717) is 29.7 Å². The van der Waals surface area contributed by atoms with Crippen molar-refractivity contribution < 1.29 is 35.5 Å². The highest BCUT2D eigenvalue weighted by atomic mass is 32.2. The van der Waals surface area contributed by atoms with E-state index >= 15 is 0 Å². The van der Waals surface area contributed by atoms with Crippen LogP contribution < -0.4 is 10.1 Å². The lowest BCUT2D eigenvalue weighted by molar-refractivity contribution is -0.137. The Morgan fingerprint density at radius 2 is 1.68 bits per heavy atom.